The summed E-state index contributed by atoms with van der Waals surface area (Å²) in [7, 11) is 1.59. The molecular weight excluding hydrogens is 390 g/mol. The Morgan fingerprint density at radius 3 is 2.58 bits per heavy atom. The standard InChI is InChI=1S/C23H19N7O/c1-31-19-10-9-17(14-25-19)21-28-22(26-13-16-6-5-11-24-12-16)20-23(29-21)30(15-27-20)18-7-3-2-4-8-18/h2-12,14-15H,13H2,1H3,(H,26,28,29). The first-order valence-corrected chi connectivity index (χ1v) is 9.75. The number of para-hydroxylation sites is 1. The minimum Gasteiger partial charge on any atom is -0.481 e. The maximum atomic E-state index is 5.17. The van der Waals surface area contributed by atoms with Crippen LogP contribution in [0.4, 0.5) is 5.82 Å². The quantitative estimate of drug-likeness (QED) is 0.455. The van der Waals surface area contributed by atoms with Crippen molar-refractivity contribution < 1.29 is 4.74 Å². The van der Waals surface area contributed by atoms with E-state index in [-0.39, 0.29) is 0 Å². The second kappa shape index (κ2) is 8.19. The molecule has 0 bridgehead atoms. The average Bonchev–Trinajstić information content (AvgIpc) is 3.28. The largest absolute Gasteiger partial charge is 0.481 e. The van der Waals surface area contributed by atoms with Gasteiger partial charge in [-0.1, -0.05) is 24.3 Å². The third-order valence-corrected chi connectivity index (χ3v) is 4.82. The van der Waals surface area contributed by atoms with Crippen LogP contribution in [0.1, 0.15) is 5.56 Å². The minimum absolute atomic E-state index is 0.536. The van der Waals surface area contributed by atoms with Crippen molar-refractivity contribution in [3.63, 3.8) is 0 Å². The highest BCUT2D eigenvalue weighted by Crippen LogP contribution is 2.26. The molecule has 5 aromatic rings. The fourth-order valence-corrected chi connectivity index (χ4v) is 3.25. The Morgan fingerprint density at radius 1 is 0.935 bits per heavy atom. The van der Waals surface area contributed by atoms with Gasteiger partial charge in [-0.05, 0) is 29.8 Å². The molecule has 0 aliphatic carbocycles. The van der Waals surface area contributed by atoms with Crippen molar-refractivity contribution >= 4 is 17.0 Å². The first-order chi connectivity index (χ1) is 15.3. The molecule has 0 fully saturated rings. The van der Waals surface area contributed by atoms with Gasteiger partial charge in [0, 0.05) is 42.5 Å². The second-order valence-electron chi connectivity index (χ2n) is 6.82. The monoisotopic (exact) mass is 409 g/mol. The molecule has 4 aromatic heterocycles. The molecule has 0 spiro atoms. The molecular formula is C23H19N7O. The number of hydrogen-bond donors (Lipinski definition) is 1. The summed E-state index contributed by atoms with van der Waals surface area (Å²) in [5.74, 6) is 1.73. The Bertz CT molecular complexity index is 1300. The maximum absolute atomic E-state index is 5.17. The van der Waals surface area contributed by atoms with Gasteiger partial charge in [0.25, 0.3) is 0 Å². The van der Waals surface area contributed by atoms with Crippen molar-refractivity contribution in [1.29, 1.82) is 0 Å². The molecule has 5 rings (SSSR count). The summed E-state index contributed by atoms with van der Waals surface area (Å²) in [6.45, 7) is 0.568. The number of hydrogen-bond acceptors (Lipinski definition) is 7. The lowest BCUT2D eigenvalue weighted by Crippen LogP contribution is -2.05. The Kier molecular flexibility index (Phi) is 4.94. The summed E-state index contributed by atoms with van der Waals surface area (Å²) in [5, 5.41) is 3.39. The van der Waals surface area contributed by atoms with E-state index in [1.165, 1.54) is 0 Å². The number of aromatic nitrogens is 6. The van der Waals surface area contributed by atoms with Gasteiger partial charge in [-0.2, -0.15) is 0 Å². The number of anilines is 1. The Balaban J connectivity index is 1.62. The molecule has 152 valence electrons. The molecule has 31 heavy (non-hydrogen) atoms. The van der Waals surface area contributed by atoms with Crippen LogP contribution in [0.15, 0.2) is 79.5 Å². The smallest absolute Gasteiger partial charge is 0.212 e. The third-order valence-electron chi connectivity index (χ3n) is 4.82. The topological polar surface area (TPSA) is 90.6 Å². The Hall–Kier alpha value is -4.33. The van der Waals surface area contributed by atoms with Gasteiger partial charge in [0.2, 0.25) is 5.88 Å². The fourth-order valence-electron chi connectivity index (χ4n) is 3.25. The van der Waals surface area contributed by atoms with Gasteiger partial charge >= 0.3 is 0 Å². The van der Waals surface area contributed by atoms with E-state index in [1.54, 1.807) is 31.9 Å². The van der Waals surface area contributed by atoms with Crippen LogP contribution in [-0.4, -0.2) is 36.6 Å². The number of imidazole rings is 1. The maximum Gasteiger partial charge on any atom is 0.212 e. The van der Waals surface area contributed by atoms with Gasteiger partial charge in [0.15, 0.2) is 22.8 Å². The number of benzene rings is 1. The number of methoxy groups -OCH3 is 1. The summed E-state index contributed by atoms with van der Waals surface area (Å²) in [6, 6.07) is 17.6. The van der Waals surface area contributed by atoms with Gasteiger partial charge < -0.3 is 10.1 Å². The average molecular weight is 409 g/mol. The molecule has 1 N–H and O–H groups in total. The molecule has 0 aliphatic rings. The highest BCUT2D eigenvalue weighted by atomic mass is 16.5. The van der Waals surface area contributed by atoms with Crippen molar-refractivity contribution in [3.05, 3.63) is 85.1 Å². The highest BCUT2D eigenvalue weighted by molar-refractivity contribution is 5.86. The molecule has 4 heterocycles. The van der Waals surface area contributed by atoms with Crippen molar-refractivity contribution in [2.45, 2.75) is 6.54 Å². The van der Waals surface area contributed by atoms with Gasteiger partial charge in [-0.25, -0.2) is 19.9 Å². The molecule has 0 saturated carbocycles. The lowest BCUT2D eigenvalue weighted by Gasteiger charge is -2.10. The molecule has 8 nitrogen and oxygen atoms in total. The SMILES string of the molecule is COc1ccc(-c2nc(NCc3cccnc3)c3ncn(-c4ccccc4)c3n2)cn1. The predicted molar refractivity (Wildman–Crippen MR) is 118 cm³/mol. The number of fused-ring (bicyclic) bond motifs is 1. The van der Waals surface area contributed by atoms with Crippen LogP contribution in [-0.2, 0) is 6.54 Å². The van der Waals surface area contributed by atoms with Crippen LogP contribution >= 0.6 is 0 Å². The fraction of sp³-hybridized carbons (Fsp3) is 0.0870. The lowest BCUT2D eigenvalue weighted by molar-refractivity contribution is 0.398. The summed E-state index contributed by atoms with van der Waals surface area (Å²) in [6.07, 6.45) is 7.04. The minimum atomic E-state index is 0.536. The van der Waals surface area contributed by atoms with E-state index >= 15 is 0 Å². The van der Waals surface area contributed by atoms with Crippen LogP contribution in [0, 0.1) is 0 Å². The van der Waals surface area contributed by atoms with Gasteiger partial charge in [0.05, 0.1) is 7.11 Å². The van der Waals surface area contributed by atoms with E-state index in [2.05, 4.69) is 20.3 Å². The molecule has 0 atom stereocenters. The molecule has 0 unspecified atom stereocenters. The number of ether oxygens (including phenoxy) is 1. The predicted octanol–water partition coefficient (Wildman–Crippen LogP) is 3.89. The van der Waals surface area contributed by atoms with E-state index in [0.29, 0.717) is 35.2 Å². The van der Waals surface area contributed by atoms with Crippen LogP contribution < -0.4 is 10.1 Å². The van der Waals surface area contributed by atoms with Crippen molar-refractivity contribution in [2.75, 3.05) is 12.4 Å². The van der Waals surface area contributed by atoms with E-state index < -0.39 is 0 Å². The molecule has 0 aliphatic heterocycles. The first kappa shape index (κ1) is 18.7. The van der Waals surface area contributed by atoms with E-state index in [9.17, 15) is 0 Å². The van der Waals surface area contributed by atoms with Crippen molar-refractivity contribution in [3.8, 4) is 23.0 Å². The number of nitrogens with one attached hydrogen (secondary N) is 1. The number of pyridine rings is 2. The first-order valence-electron chi connectivity index (χ1n) is 9.75. The second-order valence-corrected chi connectivity index (χ2v) is 6.82. The lowest BCUT2D eigenvalue weighted by atomic mass is 10.2. The van der Waals surface area contributed by atoms with Crippen LogP contribution in [0.5, 0.6) is 5.88 Å². The van der Waals surface area contributed by atoms with Crippen LogP contribution in [0.25, 0.3) is 28.2 Å². The number of rotatable bonds is 6. The summed E-state index contributed by atoms with van der Waals surface area (Å²) in [4.78, 5) is 22.6. The van der Waals surface area contributed by atoms with Gasteiger partial charge in [-0.15, -0.1) is 0 Å². The van der Waals surface area contributed by atoms with Crippen LogP contribution in [0.3, 0.4) is 0 Å². The molecule has 0 saturated heterocycles. The summed E-state index contributed by atoms with van der Waals surface area (Å²) < 4.78 is 7.12. The molecule has 1 aromatic carbocycles. The highest BCUT2D eigenvalue weighted by Gasteiger charge is 2.16. The molecule has 8 heteroatoms. The zero-order chi connectivity index (χ0) is 21.0. The Labute approximate surface area is 178 Å². The summed E-state index contributed by atoms with van der Waals surface area (Å²) in [5.41, 5.74) is 4.21. The number of nitrogens with zero attached hydrogens (tertiary/aromatic N) is 6. The van der Waals surface area contributed by atoms with Crippen molar-refractivity contribution in [2.24, 2.45) is 0 Å². The van der Waals surface area contributed by atoms with E-state index in [0.717, 1.165) is 16.8 Å². The van der Waals surface area contributed by atoms with Crippen molar-refractivity contribution in [1.82, 2.24) is 29.5 Å². The summed E-state index contributed by atoms with van der Waals surface area (Å²) >= 11 is 0. The van der Waals surface area contributed by atoms with E-state index in [4.69, 9.17) is 14.7 Å². The van der Waals surface area contributed by atoms with E-state index in [1.807, 2.05) is 59.3 Å². The normalized spacial score (nSPS) is 10.9. The Morgan fingerprint density at radius 2 is 1.84 bits per heavy atom. The van der Waals surface area contributed by atoms with Gasteiger partial charge in [-0.3, -0.25) is 9.55 Å². The third kappa shape index (κ3) is 3.78. The zero-order valence-corrected chi connectivity index (χ0v) is 16.8. The van der Waals surface area contributed by atoms with Crippen LogP contribution in [0.2, 0.25) is 0 Å². The van der Waals surface area contributed by atoms with Gasteiger partial charge in [0.1, 0.15) is 6.33 Å². The molecule has 0 radical (unpaired) electrons. The zero-order valence-electron chi connectivity index (χ0n) is 16.8. The molecule has 0 amide bonds.